The van der Waals surface area contributed by atoms with Crippen LogP contribution in [0.2, 0.25) is 0 Å². The van der Waals surface area contributed by atoms with Gasteiger partial charge in [0.15, 0.2) is 0 Å². The van der Waals surface area contributed by atoms with Crippen molar-refractivity contribution in [3.8, 4) is 0 Å². The van der Waals surface area contributed by atoms with E-state index in [2.05, 4.69) is 22.1 Å². The Morgan fingerprint density at radius 3 is 3.12 bits per heavy atom. The van der Waals surface area contributed by atoms with Crippen LogP contribution in [0.15, 0.2) is 17.5 Å². The van der Waals surface area contributed by atoms with Gasteiger partial charge in [0.2, 0.25) is 5.91 Å². The predicted octanol–water partition coefficient (Wildman–Crippen LogP) is 1.44. The topological polar surface area (TPSA) is 41.1 Å². The van der Waals surface area contributed by atoms with Crippen molar-refractivity contribution < 1.29 is 4.79 Å². The lowest BCUT2D eigenvalue weighted by Gasteiger charge is -2.08. The van der Waals surface area contributed by atoms with Crippen LogP contribution in [0.25, 0.3) is 0 Å². The molecule has 1 aliphatic rings. The molecule has 1 fully saturated rings. The van der Waals surface area contributed by atoms with Gasteiger partial charge in [-0.1, -0.05) is 6.07 Å². The van der Waals surface area contributed by atoms with Gasteiger partial charge in [0.25, 0.3) is 0 Å². The summed E-state index contributed by atoms with van der Waals surface area (Å²) in [5, 5.41) is 8.26. The Kier molecular flexibility index (Phi) is 5.80. The van der Waals surface area contributed by atoms with E-state index in [-0.39, 0.29) is 24.2 Å². The number of carbonyl (C=O) groups is 1. The first-order valence-corrected chi connectivity index (χ1v) is 6.25. The summed E-state index contributed by atoms with van der Waals surface area (Å²) in [4.78, 5) is 13.0. The molecule has 2 rings (SSSR count). The summed E-state index contributed by atoms with van der Waals surface area (Å²) in [5.74, 6) is 0.393. The Morgan fingerprint density at radius 2 is 2.50 bits per heavy atom. The zero-order chi connectivity index (χ0) is 10.5. The summed E-state index contributed by atoms with van der Waals surface area (Å²) >= 11 is 1.74. The van der Waals surface area contributed by atoms with Crippen molar-refractivity contribution in [1.29, 1.82) is 0 Å². The lowest BCUT2D eigenvalue weighted by molar-refractivity contribution is -0.124. The zero-order valence-electron chi connectivity index (χ0n) is 9.07. The minimum absolute atomic E-state index is 0. The van der Waals surface area contributed by atoms with Crippen LogP contribution in [0.1, 0.15) is 11.3 Å². The summed E-state index contributed by atoms with van der Waals surface area (Å²) in [6, 6.07) is 4.15. The molecule has 90 valence electrons. The predicted molar refractivity (Wildman–Crippen MR) is 69.3 cm³/mol. The number of halogens is 1. The monoisotopic (exact) mass is 260 g/mol. The van der Waals surface area contributed by atoms with Gasteiger partial charge in [0.1, 0.15) is 0 Å². The fourth-order valence-electron chi connectivity index (χ4n) is 1.79. The molecule has 2 heterocycles. The molecule has 2 N–H and O–H groups in total. The van der Waals surface area contributed by atoms with Crippen molar-refractivity contribution in [2.75, 3.05) is 19.6 Å². The first-order valence-electron chi connectivity index (χ1n) is 5.37. The highest BCUT2D eigenvalue weighted by atomic mass is 35.5. The number of rotatable bonds is 4. The third-order valence-electron chi connectivity index (χ3n) is 2.68. The van der Waals surface area contributed by atoms with Crippen molar-refractivity contribution in [3.05, 3.63) is 22.4 Å². The summed E-state index contributed by atoms with van der Waals surface area (Å²) in [6.45, 7) is 2.57. The van der Waals surface area contributed by atoms with Crippen molar-refractivity contribution in [1.82, 2.24) is 10.6 Å². The van der Waals surface area contributed by atoms with E-state index in [9.17, 15) is 4.79 Å². The number of thiophene rings is 1. The molecule has 1 saturated heterocycles. The molecule has 1 amide bonds. The van der Waals surface area contributed by atoms with E-state index in [4.69, 9.17) is 0 Å². The number of amides is 1. The molecule has 16 heavy (non-hydrogen) atoms. The third-order valence-corrected chi connectivity index (χ3v) is 3.62. The lowest BCUT2D eigenvalue weighted by Crippen LogP contribution is -2.33. The van der Waals surface area contributed by atoms with Gasteiger partial charge < -0.3 is 10.6 Å². The molecule has 0 aliphatic carbocycles. The maximum absolute atomic E-state index is 11.6. The Labute approximate surface area is 106 Å². The summed E-state index contributed by atoms with van der Waals surface area (Å²) < 4.78 is 0. The molecule has 5 heteroatoms. The molecule has 0 spiro atoms. The van der Waals surface area contributed by atoms with Gasteiger partial charge in [-0.25, -0.2) is 0 Å². The van der Waals surface area contributed by atoms with Crippen LogP contribution in [-0.4, -0.2) is 25.5 Å². The summed E-state index contributed by atoms with van der Waals surface area (Å²) in [5.41, 5.74) is 0. The largest absolute Gasteiger partial charge is 0.355 e. The first kappa shape index (κ1) is 13.5. The molecule has 0 unspecified atom stereocenters. The molecular weight excluding hydrogens is 244 g/mol. The van der Waals surface area contributed by atoms with E-state index in [0.29, 0.717) is 0 Å². The van der Waals surface area contributed by atoms with Crippen LogP contribution >= 0.6 is 23.7 Å². The van der Waals surface area contributed by atoms with E-state index in [1.807, 2.05) is 6.07 Å². The van der Waals surface area contributed by atoms with E-state index in [0.717, 1.165) is 32.5 Å². The second-order valence-corrected chi connectivity index (χ2v) is 4.84. The molecule has 0 bridgehead atoms. The van der Waals surface area contributed by atoms with E-state index < -0.39 is 0 Å². The van der Waals surface area contributed by atoms with Gasteiger partial charge in [0, 0.05) is 18.0 Å². The molecule has 1 aliphatic heterocycles. The zero-order valence-corrected chi connectivity index (χ0v) is 10.7. The molecular formula is C11H17ClN2OS. The van der Waals surface area contributed by atoms with Gasteiger partial charge in [-0.2, -0.15) is 0 Å². The SMILES string of the molecule is Cl.O=C(NCCc1cccs1)[C@@H]1CCNC1. The van der Waals surface area contributed by atoms with Gasteiger partial charge in [-0.05, 0) is 30.8 Å². The quantitative estimate of drug-likeness (QED) is 0.860. The van der Waals surface area contributed by atoms with Crippen LogP contribution in [-0.2, 0) is 11.2 Å². The van der Waals surface area contributed by atoms with E-state index >= 15 is 0 Å². The lowest BCUT2D eigenvalue weighted by atomic mass is 10.1. The van der Waals surface area contributed by atoms with Gasteiger partial charge in [0.05, 0.1) is 5.92 Å². The summed E-state index contributed by atoms with van der Waals surface area (Å²) in [6.07, 6.45) is 1.92. The third kappa shape index (κ3) is 3.77. The maximum Gasteiger partial charge on any atom is 0.224 e. The average Bonchev–Trinajstić information content (AvgIpc) is 2.90. The van der Waals surface area contributed by atoms with Crippen LogP contribution in [0, 0.1) is 5.92 Å². The minimum Gasteiger partial charge on any atom is -0.355 e. The Bertz CT molecular complexity index is 310. The highest BCUT2D eigenvalue weighted by Crippen LogP contribution is 2.09. The van der Waals surface area contributed by atoms with Crippen molar-refractivity contribution in [3.63, 3.8) is 0 Å². The molecule has 0 radical (unpaired) electrons. The first-order chi connectivity index (χ1) is 7.36. The normalized spacial score (nSPS) is 19.1. The van der Waals surface area contributed by atoms with Crippen LogP contribution < -0.4 is 10.6 Å². The highest BCUT2D eigenvalue weighted by molar-refractivity contribution is 7.09. The van der Waals surface area contributed by atoms with Crippen LogP contribution in [0.4, 0.5) is 0 Å². The molecule has 1 atom stereocenters. The maximum atomic E-state index is 11.6. The van der Waals surface area contributed by atoms with Crippen molar-refractivity contribution in [2.45, 2.75) is 12.8 Å². The fourth-order valence-corrected chi connectivity index (χ4v) is 2.50. The van der Waals surface area contributed by atoms with Gasteiger partial charge >= 0.3 is 0 Å². The molecule has 3 nitrogen and oxygen atoms in total. The molecule has 1 aromatic rings. The number of hydrogen-bond acceptors (Lipinski definition) is 3. The molecule has 1 aromatic heterocycles. The van der Waals surface area contributed by atoms with Gasteiger partial charge in [-0.15, -0.1) is 23.7 Å². The summed E-state index contributed by atoms with van der Waals surface area (Å²) in [7, 11) is 0. The standard InChI is InChI=1S/C11H16N2OS.ClH/c14-11(9-3-5-12-8-9)13-6-4-10-2-1-7-15-10;/h1-2,7,9,12H,3-6,8H2,(H,13,14);1H/t9-;/m1./s1. The average molecular weight is 261 g/mol. The van der Waals surface area contributed by atoms with E-state index in [1.54, 1.807) is 11.3 Å². The fraction of sp³-hybridized carbons (Fsp3) is 0.545. The number of nitrogens with one attached hydrogen (secondary N) is 2. The smallest absolute Gasteiger partial charge is 0.224 e. The van der Waals surface area contributed by atoms with Crippen LogP contribution in [0.3, 0.4) is 0 Å². The van der Waals surface area contributed by atoms with E-state index in [1.165, 1.54) is 4.88 Å². The molecule has 0 saturated carbocycles. The van der Waals surface area contributed by atoms with Crippen LogP contribution in [0.5, 0.6) is 0 Å². The Balaban J connectivity index is 0.00000128. The number of hydrogen-bond donors (Lipinski definition) is 2. The minimum atomic E-state index is 0. The number of carbonyl (C=O) groups excluding carboxylic acids is 1. The van der Waals surface area contributed by atoms with Crippen molar-refractivity contribution in [2.24, 2.45) is 5.92 Å². The Morgan fingerprint density at radius 1 is 1.62 bits per heavy atom. The van der Waals surface area contributed by atoms with Crippen molar-refractivity contribution >= 4 is 29.7 Å². The second-order valence-electron chi connectivity index (χ2n) is 3.81. The Hall–Kier alpha value is -0.580. The van der Waals surface area contributed by atoms with Gasteiger partial charge in [-0.3, -0.25) is 4.79 Å². The highest BCUT2D eigenvalue weighted by Gasteiger charge is 2.21. The second kappa shape index (κ2) is 6.89. The molecule has 0 aromatic carbocycles.